The van der Waals surface area contributed by atoms with Crippen LogP contribution >= 0.6 is 15.9 Å². The van der Waals surface area contributed by atoms with Crippen molar-refractivity contribution in [1.82, 2.24) is 4.57 Å². The molecule has 0 saturated carbocycles. The first kappa shape index (κ1) is 11.9. The number of benzene rings is 1. The first-order valence-electron chi connectivity index (χ1n) is 5.06. The number of hydrogen-bond acceptors (Lipinski definition) is 3. The zero-order valence-corrected chi connectivity index (χ0v) is 10.8. The van der Waals surface area contributed by atoms with E-state index in [0.29, 0.717) is 5.56 Å². The fourth-order valence-corrected chi connectivity index (χ4v) is 1.76. The zero-order valence-electron chi connectivity index (χ0n) is 9.24. The summed E-state index contributed by atoms with van der Waals surface area (Å²) in [6, 6.07) is 7.15. The van der Waals surface area contributed by atoms with E-state index in [-0.39, 0.29) is 18.0 Å². The molecule has 0 aliphatic rings. The number of carbonyl (C=O) groups is 1. The largest absolute Gasteiger partial charge is 0.432 e. The quantitative estimate of drug-likeness (QED) is 0.884. The first-order chi connectivity index (χ1) is 8.08. The second-order valence-corrected chi connectivity index (χ2v) is 4.61. The average molecular weight is 295 g/mol. The molecular weight excluding hydrogens is 284 g/mol. The molecule has 5 heteroatoms. The highest BCUT2D eigenvalue weighted by Gasteiger charge is 2.09. The van der Waals surface area contributed by atoms with E-state index >= 15 is 0 Å². The van der Waals surface area contributed by atoms with E-state index < -0.39 is 0 Å². The second-order valence-electron chi connectivity index (χ2n) is 3.70. The van der Waals surface area contributed by atoms with Gasteiger partial charge < -0.3 is 4.42 Å². The minimum Gasteiger partial charge on any atom is -0.432 e. The SMILES string of the molecule is Cc1coc(=N)n1CC(=O)c1ccc(Br)cc1. The Kier molecular flexibility index (Phi) is 3.28. The van der Waals surface area contributed by atoms with Crippen LogP contribution in [-0.2, 0) is 6.54 Å². The van der Waals surface area contributed by atoms with Crippen LogP contribution in [0.5, 0.6) is 0 Å². The maximum atomic E-state index is 12.0. The molecule has 2 rings (SSSR count). The van der Waals surface area contributed by atoms with Gasteiger partial charge in [0.25, 0.3) is 5.68 Å². The number of nitrogens with one attached hydrogen (secondary N) is 1. The Morgan fingerprint density at radius 1 is 1.41 bits per heavy atom. The number of hydrogen-bond donors (Lipinski definition) is 1. The van der Waals surface area contributed by atoms with E-state index in [1.165, 1.54) is 10.8 Å². The number of carbonyl (C=O) groups excluding carboxylic acids is 1. The first-order valence-corrected chi connectivity index (χ1v) is 5.85. The summed E-state index contributed by atoms with van der Waals surface area (Å²) in [7, 11) is 0. The van der Waals surface area contributed by atoms with Crippen LogP contribution in [0, 0.1) is 12.3 Å². The Morgan fingerprint density at radius 2 is 2.06 bits per heavy atom. The highest BCUT2D eigenvalue weighted by atomic mass is 79.9. The molecule has 0 radical (unpaired) electrons. The third-order valence-electron chi connectivity index (χ3n) is 2.48. The van der Waals surface area contributed by atoms with Gasteiger partial charge in [0, 0.05) is 10.0 Å². The summed E-state index contributed by atoms with van der Waals surface area (Å²) in [5, 5.41) is 7.52. The lowest BCUT2D eigenvalue weighted by Crippen LogP contribution is -2.21. The van der Waals surface area contributed by atoms with Crippen LogP contribution < -0.4 is 5.68 Å². The van der Waals surface area contributed by atoms with Gasteiger partial charge in [-0.25, -0.2) is 0 Å². The maximum absolute atomic E-state index is 12.0. The molecule has 4 nitrogen and oxygen atoms in total. The van der Waals surface area contributed by atoms with Crippen molar-refractivity contribution >= 4 is 21.7 Å². The molecule has 88 valence electrons. The fraction of sp³-hybridized carbons (Fsp3) is 0.167. The molecule has 0 aliphatic heterocycles. The monoisotopic (exact) mass is 294 g/mol. The lowest BCUT2D eigenvalue weighted by atomic mass is 10.1. The predicted molar refractivity (Wildman–Crippen MR) is 65.8 cm³/mol. The number of nitrogens with zero attached hydrogens (tertiary/aromatic N) is 1. The Labute approximate surface area is 107 Å². The van der Waals surface area contributed by atoms with Crippen LogP contribution in [0.4, 0.5) is 0 Å². The standard InChI is InChI=1S/C12H11BrN2O2/c1-8-7-17-12(14)15(8)6-11(16)9-2-4-10(13)5-3-9/h2-5,7,14H,6H2,1H3. The van der Waals surface area contributed by atoms with Crippen LogP contribution in [0.2, 0.25) is 0 Å². The summed E-state index contributed by atoms with van der Waals surface area (Å²) in [6.45, 7) is 1.93. The van der Waals surface area contributed by atoms with Gasteiger partial charge in [-0.05, 0) is 19.1 Å². The van der Waals surface area contributed by atoms with Gasteiger partial charge in [-0.15, -0.1) is 0 Å². The molecule has 2 aromatic rings. The maximum Gasteiger partial charge on any atom is 0.294 e. The van der Waals surface area contributed by atoms with Gasteiger partial charge in [-0.2, -0.15) is 0 Å². The third-order valence-corrected chi connectivity index (χ3v) is 3.01. The van der Waals surface area contributed by atoms with Crippen molar-refractivity contribution in [2.24, 2.45) is 0 Å². The molecule has 0 spiro atoms. The Hall–Kier alpha value is -1.62. The Balaban J connectivity index is 2.23. The number of ketones is 1. The van der Waals surface area contributed by atoms with E-state index in [1.54, 1.807) is 19.1 Å². The summed E-state index contributed by atoms with van der Waals surface area (Å²) in [6.07, 6.45) is 1.47. The number of aryl methyl sites for hydroxylation is 1. The molecule has 17 heavy (non-hydrogen) atoms. The van der Waals surface area contributed by atoms with Gasteiger partial charge in [0.15, 0.2) is 5.78 Å². The lowest BCUT2D eigenvalue weighted by Gasteiger charge is -2.03. The number of oxazole rings is 1. The number of rotatable bonds is 3. The van der Waals surface area contributed by atoms with E-state index in [2.05, 4.69) is 15.9 Å². The molecule has 1 heterocycles. The predicted octanol–water partition coefficient (Wildman–Crippen LogP) is 2.51. The van der Waals surface area contributed by atoms with Crippen LogP contribution in [0.15, 0.2) is 39.4 Å². The van der Waals surface area contributed by atoms with Gasteiger partial charge in [0.2, 0.25) is 0 Å². The van der Waals surface area contributed by atoms with Crippen molar-refractivity contribution < 1.29 is 9.21 Å². The van der Waals surface area contributed by atoms with Crippen LogP contribution in [-0.4, -0.2) is 10.4 Å². The van der Waals surface area contributed by atoms with E-state index in [1.807, 2.05) is 12.1 Å². The highest BCUT2D eigenvalue weighted by molar-refractivity contribution is 9.10. The zero-order chi connectivity index (χ0) is 12.4. The van der Waals surface area contributed by atoms with Crippen molar-refractivity contribution in [2.75, 3.05) is 0 Å². The molecule has 0 fully saturated rings. The minimum atomic E-state index is -0.0412. The second kappa shape index (κ2) is 4.71. The van der Waals surface area contributed by atoms with Crippen molar-refractivity contribution in [3.63, 3.8) is 0 Å². The molecule has 0 bridgehead atoms. The molecule has 0 saturated heterocycles. The Bertz CT molecular complexity index is 596. The molecule has 1 N–H and O–H groups in total. The van der Waals surface area contributed by atoms with Gasteiger partial charge in [0.1, 0.15) is 6.26 Å². The summed E-state index contributed by atoms with van der Waals surface area (Å²) in [5.74, 6) is -0.0412. The van der Waals surface area contributed by atoms with Crippen molar-refractivity contribution in [2.45, 2.75) is 13.5 Å². The van der Waals surface area contributed by atoms with Gasteiger partial charge in [-0.1, -0.05) is 28.1 Å². The van der Waals surface area contributed by atoms with Crippen molar-refractivity contribution in [3.8, 4) is 0 Å². The molecule has 1 aromatic carbocycles. The number of Topliss-reactive ketones (excluding diaryl/α,β-unsaturated/α-hetero) is 1. The molecule has 1 aromatic heterocycles. The molecule has 0 amide bonds. The third kappa shape index (κ3) is 2.55. The van der Waals surface area contributed by atoms with Gasteiger partial charge in [-0.3, -0.25) is 14.8 Å². The van der Waals surface area contributed by atoms with Crippen LogP contribution in [0.3, 0.4) is 0 Å². The smallest absolute Gasteiger partial charge is 0.294 e. The molecule has 0 atom stereocenters. The molecular formula is C12H11BrN2O2. The van der Waals surface area contributed by atoms with E-state index in [4.69, 9.17) is 9.83 Å². The summed E-state index contributed by atoms with van der Waals surface area (Å²) >= 11 is 3.32. The number of aromatic nitrogens is 1. The van der Waals surface area contributed by atoms with E-state index in [9.17, 15) is 4.79 Å². The van der Waals surface area contributed by atoms with Gasteiger partial charge in [0.05, 0.1) is 12.2 Å². The highest BCUT2D eigenvalue weighted by Crippen LogP contribution is 2.11. The fourth-order valence-electron chi connectivity index (χ4n) is 1.50. The van der Waals surface area contributed by atoms with E-state index in [0.717, 1.165) is 10.2 Å². The average Bonchev–Trinajstić information content (AvgIpc) is 2.61. The normalized spacial score (nSPS) is 10.5. The lowest BCUT2D eigenvalue weighted by molar-refractivity contribution is 0.0967. The van der Waals surface area contributed by atoms with Crippen LogP contribution in [0.1, 0.15) is 16.1 Å². The van der Waals surface area contributed by atoms with Gasteiger partial charge >= 0.3 is 0 Å². The minimum absolute atomic E-state index is 0.00652. The number of halogens is 1. The molecule has 0 aliphatic carbocycles. The summed E-state index contributed by atoms with van der Waals surface area (Å²) in [4.78, 5) is 12.0. The molecule has 0 unspecified atom stereocenters. The summed E-state index contributed by atoms with van der Waals surface area (Å²) < 4.78 is 7.39. The summed E-state index contributed by atoms with van der Waals surface area (Å²) in [5.41, 5.74) is 1.38. The van der Waals surface area contributed by atoms with Crippen molar-refractivity contribution in [3.05, 3.63) is 51.9 Å². The topological polar surface area (TPSA) is 59.0 Å². The van der Waals surface area contributed by atoms with Crippen LogP contribution in [0.25, 0.3) is 0 Å². The van der Waals surface area contributed by atoms with Crippen molar-refractivity contribution in [1.29, 1.82) is 5.41 Å². The Morgan fingerprint density at radius 3 is 2.59 bits per heavy atom.